The molecular formula is C10H10N6O4S. The van der Waals surface area contributed by atoms with E-state index in [1.54, 1.807) is 0 Å². The molecule has 21 heavy (non-hydrogen) atoms. The number of nitrogens with zero attached hydrogens (tertiary/aromatic N) is 3. The minimum atomic E-state index is -4.21. The SMILES string of the molecule is NNc1cccc(S(=O)(=O)Nc2cccnn2)c1[N+](=O)[O-]. The van der Waals surface area contributed by atoms with E-state index in [4.69, 9.17) is 5.84 Å². The molecular weight excluding hydrogens is 300 g/mol. The van der Waals surface area contributed by atoms with E-state index < -0.39 is 25.5 Å². The second kappa shape index (κ2) is 5.68. The first kappa shape index (κ1) is 14.6. The Kier molecular flexibility index (Phi) is 3.95. The van der Waals surface area contributed by atoms with Crippen molar-refractivity contribution >= 4 is 27.2 Å². The van der Waals surface area contributed by atoms with Gasteiger partial charge in [-0.15, -0.1) is 5.10 Å². The van der Waals surface area contributed by atoms with Crippen molar-refractivity contribution in [2.24, 2.45) is 5.84 Å². The molecule has 0 amide bonds. The fourth-order valence-electron chi connectivity index (χ4n) is 1.59. The maximum absolute atomic E-state index is 12.2. The van der Waals surface area contributed by atoms with Crippen molar-refractivity contribution in [2.75, 3.05) is 10.1 Å². The molecule has 4 N–H and O–H groups in total. The molecule has 2 aromatic rings. The van der Waals surface area contributed by atoms with Gasteiger partial charge in [0.2, 0.25) is 0 Å². The topological polar surface area (TPSA) is 153 Å². The van der Waals surface area contributed by atoms with E-state index in [1.165, 1.54) is 30.5 Å². The first-order valence-corrected chi connectivity index (χ1v) is 6.98. The summed E-state index contributed by atoms with van der Waals surface area (Å²) in [5.41, 5.74) is 1.31. The van der Waals surface area contributed by atoms with Crippen LogP contribution in [0.4, 0.5) is 17.2 Å². The number of nitrogens with two attached hydrogens (primary N) is 1. The number of sulfonamides is 1. The molecule has 0 aliphatic carbocycles. The van der Waals surface area contributed by atoms with E-state index in [-0.39, 0.29) is 11.5 Å². The van der Waals surface area contributed by atoms with Gasteiger partial charge in [0.1, 0.15) is 5.69 Å². The average molecular weight is 310 g/mol. The number of nitrogen functional groups attached to an aromatic ring is 1. The molecule has 0 atom stereocenters. The number of para-hydroxylation sites is 1. The minimum Gasteiger partial charge on any atom is -0.318 e. The van der Waals surface area contributed by atoms with Crippen LogP contribution in [0.2, 0.25) is 0 Å². The van der Waals surface area contributed by atoms with E-state index in [2.05, 4.69) is 20.3 Å². The van der Waals surface area contributed by atoms with Crippen LogP contribution in [0.1, 0.15) is 0 Å². The molecule has 0 aliphatic heterocycles. The Labute approximate surface area is 119 Å². The zero-order chi connectivity index (χ0) is 15.5. The molecule has 0 aliphatic rings. The van der Waals surface area contributed by atoms with E-state index in [0.717, 1.165) is 6.07 Å². The lowest BCUT2D eigenvalue weighted by atomic mass is 10.3. The second-order valence-electron chi connectivity index (χ2n) is 3.77. The lowest BCUT2D eigenvalue weighted by molar-refractivity contribution is -0.386. The number of anilines is 2. The number of hydrogen-bond acceptors (Lipinski definition) is 8. The summed E-state index contributed by atoms with van der Waals surface area (Å²) in [5, 5.41) is 18.2. The van der Waals surface area contributed by atoms with Gasteiger partial charge < -0.3 is 5.43 Å². The number of nitrogens with one attached hydrogen (secondary N) is 2. The zero-order valence-corrected chi connectivity index (χ0v) is 11.2. The molecule has 0 bridgehead atoms. The van der Waals surface area contributed by atoms with Crippen LogP contribution >= 0.6 is 0 Å². The molecule has 2 rings (SSSR count). The summed E-state index contributed by atoms with van der Waals surface area (Å²) in [5.74, 6) is 5.10. The number of nitro benzene ring substituents is 1. The molecule has 1 aromatic carbocycles. The van der Waals surface area contributed by atoms with Crippen molar-refractivity contribution in [1.82, 2.24) is 10.2 Å². The van der Waals surface area contributed by atoms with Crippen molar-refractivity contribution in [3.8, 4) is 0 Å². The summed E-state index contributed by atoms with van der Waals surface area (Å²) in [7, 11) is -4.21. The highest BCUT2D eigenvalue weighted by atomic mass is 32.2. The molecule has 0 unspecified atom stereocenters. The van der Waals surface area contributed by atoms with Gasteiger partial charge in [-0.25, -0.2) is 8.42 Å². The highest BCUT2D eigenvalue weighted by molar-refractivity contribution is 7.92. The Bertz CT molecular complexity index is 764. The van der Waals surface area contributed by atoms with Crippen LogP contribution in [0.3, 0.4) is 0 Å². The predicted molar refractivity (Wildman–Crippen MR) is 73.7 cm³/mol. The van der Waals surface area contributed by atoms with Gasteiger partial charge in [-0.1, -0.05) is 6.07 Å². The number of nitro groups is 1. The molecule has 0 fully saturated rings. The first-order valence-electron chi connectivity index (χ1n) is 5.50. The number of rotatable bonds is 5. The van der Waals surface area contributed by atoms with Crippen molar-refractivity contribution < 1.29 is 13.3 Å². The summed E-state index contributed by atoms with van der Waals surface area (Å²) < 4.78 is 26.6. The van der Waals surface area contributed by atoms with Crippen molar-refractivity contribution in [3.63, 3.8) is 0 Å². The molecule has 1 aromatic heterocycles. The third-order valence-corrected chi connectivity index (χ3v) is 3.82. The molecule has 0 saturated heterocycles. The van der Waals surface area contributed by atoms with Crippen molar-refractivity contribution in [1.29, 1.82) is 0 Å². The molecule has 0 saturated carbocycles. The van der Waals surface area contributed by atoms with Crippen LogP contribution in [-0.2, 0) is 10.0 Å². The van der Waals surface area contributed by atoms with Crippen molar-refractivity contribution in [3.05, 3.63) is 46.6 Å². The highest BCUT2D eigenvalue weighted by Crippen LogP contribution is 2.32. The Balaban J connectivity index is 2.52. The van der Waals surface area contributed by atoms with Gasteiger partial charge in [0.05, 0.1) is 4.92 Å². The van der Waals surface area contributed by atoms with Crippen LogP contribution in [0.5, 0.6) is 0 Å². The van der Waals surface area contributed by atoms with Gasteiger partial charge in [-0.2, -0.15) is 5.10 Å². The monoisotopic (exact) mass is 310 g/mol. The Morgan fingerprint density at radius 1 is 1.24 bits per heavy atom. The van der Waals surface area contributed by atoms with Crippen LogP contribution in [0.25, 0.3) is 0 Å². The Morgan fingerprint density at radius 2 is 2.00 bits per heavy atom. The quantitative estimate of drug-likeness (QED) is 0.409. The molecule has 110 valence electrons. The number of hydrazine groups is 1. The van der Waals surface area contributed by atoms with E-state index in [9.17, 15) is 18.5 Å². The van der Waals surface area contributed by atoms with E-state index in [0.29, 0.717) is 0 Å². The van der Waals surface area contributed by atoms with E-state index >= 15 is 0 Å². The highest BCUT2D eigenvalue weighted by Gasteiger charge is 2.29. The molecule has 1 heterocycles. The minimum absolute atomic E-state index is 0.0575. The molecule has 11 heteroatoms. The van der Waals surface area contributed by atoms with Crippen molar-refractivity contribution in [2.45, 2.75) is 4.90 Å². The second-order valence-corrected chi connectivity index (χ2v) is 5.42. The lowest BCUT2D eigenvalue weighted by Crippen LogP contribution is -2.17. The standard InChI is InChI=1S/C10H10N6O4S/c11-13-7-3-1-4-8(10(7)16(17)18)21(19,20)15-9-5-2-6-12-14-9/h1-6,13H,11H2,(H,14,15). The van der Waals surface area contributed by atoms with Crippen LogP contribution in [0, 0.1) is 10.1 Å². The van der Waals surface area contributed by atoms with Gasteiger partial charge in [0.25, 0.3) is 10.0 Å². The van der Waals surface area contributed by atoms with E-state index in [1.807, 2.05) is 0 Å². The summed E-state index contributed by atoms with van der Waals surface area (Å²) in [6.07, 6.45) is 1.36. The average Bonchev–Trinajstić information content (AvgIpc) is 2.46. The molecule has 10 nitrogen and oxygen atoms in total. The Morgan fingerprint density at radius 3 is 2.57 bits per heavy atom. The maximum atomic E-state index is 12.2. The largest absolute Gasteiger partial charge is 0.318 e. The molecule has 0 radical (unpaired) electrons. The van der Waals surface area contributed by atoms with Gasteiger partial charge in [0, 0.05) is 6.20 Å². The smallest absolute Gasteiger partial charge is 0.314 e. The first-order chi connectivity index (χ1) is 9.95. The van der Waals surface area contributed by atoms with Gasteiger partial charge in [-0.3, -0.25) is 20.7 Å². The number of benzene rings is 1. The van der Waals surface area contributed by atoms with Gasteiger partial charge >= 0.3 is 5.69 Å². The fraction of sp³-hybridized carbons (Fsp3) is 0. The number of aromatic nitrogens is 2. The third kappa shape index (κ3) is 3.04. The predicted octanol–water partition coefficient (Wildman–Crippen LogP) is 0.471. The van der Waals surface area contributed by atoms with Crippen LogP contribution in [-0.4, -0.2) is 23.5 Å². The normalized spacial score (nSPS) is 10.9. The summed E-state index contributed by atoms with van der Waals surface area (Å²) in [6, 6.07) is 6.54. The fourth-order valence-corrected chi connectivity index (χ4v) is 2.78. The van der Waals surface area contributed by atoms with Crippen LogP contribution in [0.15, 0.2) is 41.4 Å². The third-order valence-electron chi connectivity index (χ3n) is 2.44. The van der Waals surface area contributed by atoms with Gasteiger partial charge in [0.15, 0.2) is 10.7 Å². The molecule has 0 spiro atoms. The lowest BCUT2D eigenvalue weighted by Gasteiger charge is -2.09. The van der Waals surface area contributed by atoms with Crippen LogP contribution < -0.4 is 16.0 Å². The van der Waals surface area contributed by atoms with Gasteiger partial charge in [-0.05, 0) is 24.3 Å². The summed E-state index contributed by atoms with van der Waals surface area (Å²) >= 11 is 0. The summed E-state index contributed by atoms with van der Waals surface area (Å²) in [6.45, 7) is 0. The maximum Gasteiger partial charge on any atom is 0.314 e. The Hall–Kier alpha value is -2.79. The zero-order valence-electron chi connectivity index (χ0n) is 10.4. The number of hydrogen-bond donors (Lipinski definition) is 3. The summed E-state index contributed by atoms with van der Waals surface area (Å²) in [4.78, 5) is 9.72.